The number of ether oxygens (including phenoxy) is 1. The molecule has 0 aliphatic rings. The Bertz CT molecular complexity index is 553. The summed E-state index contributed by atoms with van der Waals surface area (Å²) in [5.74, 6) is 0.449. The number of hydrogen-bond donors (Lipinski definition) is 1. The Kier molecular flexibility index (Phi) is 6.36. The van der Waals surface area contributed by atoms with Crippen molar-refractivity contribution >= 4 is 11.3 Å². The third-order valence-electron chi connectivity index (χ3n) is 3.62. The van der Waals surface area contributed by atoms with E-state index in [1.54, 1.807) is 18.4 Å². The summed E-state index contributed by atoms with van der Waals surface area (Å²) in [5.41, 5.74) is 3.95. The van der Waals surface area contributed by atoms with Crippen LogP contribution in [0.15, 0.2) is 29.6 Å². The lowest BCUT2D eigenvalue weighted by Crippen LogP contribution is -2.26. The van der Waals surface area contributed by atoms with Gasteiger partial charge in [-0.1, -0.05) is 24.3 Å². The van der Waals surface area contributed by atoms with Gasteiger partial charge in [-0.2, -0.15) is 0 Å². The maximum Gasteiger partial charge on any atom is 0.0897 e. The third kappa shape index (κ3) is 4.92. The molecule has 0 radical (unpaired) electrons. The molecule has 1 unspecified atom stereocenters. The van der Waals surface area contributed by atoms with E-state index in [0.29, 0.717) is 5.92 Å². The van der Waals surface area contributed by atoms with E-state index in [-0.39, 0.29) is 0 Å². The molecule has 0 aliphatic heterocycles. The van der Waals surface area contributed by atoms with Crippen LogP contribution >= 0.6 is 11.3 Å². The highest BCUT2D eigenvalue weighted by atomic mass is 32.1. The Balaban J connectivity index is 2.08. The summed E-state index contributed by atoms with van der Waals surface area (Å²) in [6, 6.07) is 8.64. The fourth-order valence-electron chi connectivity index (χ4n) is 2.54. The van der Waals surface area contributed by atoms with Crippen molar-refractivity contribution in [2.24, 2.45) is 0 Å². The van der Waals surface area contributed by atoms with Gasteiger partial charge in [-0.05, 0) is 31.4 Å². The molecule has 21 heavy (non-hydrogen) atoms. The van der Waals surface area contributed by atoms with Gasteiger partial charge in [0.15, 0.2) is 0 Å². The van der Waals surface area contributed by atoms with Gasteiger partial charge in [0, 0.05) is 31.5 Å². The summed E-state index contributed by atoms with van der Waals surface area (Å²) in [5, 5.41) is 6.81. The van der Waals surface area contributed by atoms with Crippen LogP contribution in [0.2, 0.25) is 0 Å². The largest absolute Gasteiger partial charge is 0.383 e. The molecule has 1 atom stereocenters. The smallest absolute Gasteiger partial charge is 0.0897 e. The average Bonchev–Trinajstić information content (AvgIpc) is 2.88. The summed E-state index contributed by atoms with van der Waals surface area (Å²) in [7, 11) is 1.73. The quantitative estimate of drug-likeness (QED) is 0.760. The lowest BCUT2D eigenvalue weighted by Gasteiger charge is -2.19. The van der Waals surface area contributed by atoms with Crippen molar-refractivity contribution in [3.63, 3.8) is 0 Å². The molecule has 1 aromatic carbocycles. The number of aryl methyl sites for hydroxylation is 2. The SMILES string of the molecule is COCCNCC(Cc1csc(C)n1)c1ccccc1C. The molecule has 114 valence electrons. The Hall–Kier alpha value is -1.23. The minimum atomic E-state index is 0.449. The van der Waals surface area contributed by atoms with Crippen molar-refractivity contribution < 1.29 is 4.74 Å². The normalized spacial score (nSPS) is 12.5. The number of thiazole rings is 1. The summed E-state index contributed by atoms with van der Waals surface area (Å²) < 4.78 is 5.10. The highest BCUT2D eigenvalue weighted by Crippen LogP contribution is 2.24. The zero-order valence-electron chi connectivity index (χ0n) is 13.1. The molecule has 1 aromatic heterocycles. The number of methoxy groups -OCH3 is 1. The predicted octanol–water partition coefficient (Wildman–Crippen LogP) is 3.32. The van der Waals surface area contributed by atoms with Crippen molar-refractivity contribution in [3.8, 4) is 0 Å². The lowest BCUT2D eigenvalue weighted by molar-refractivity contribution is 0.199. The van der Waals surface area contributed by atoms with Crippen LogP contribution in [0.5, 0.6) is 0 Å². The number of nitrogens with one attached hydrogen (secondary N) is 1. The fraction of sp³-hybridized carbons (Fsp3) is 0.471. The predicted molar refractivity (Wildman–Crippen MR) is 89.2 cm³/mol. The van der Waals surface area contributed by atoms with Gasteiger partial charge in [-0.15, -0.1) is 11.3 Å². The number of nitrogens with zero attached hydrogens (tertiary/aromatic N) is 1. The molecule has 0 saturated heterocycles. The Morgan fingerprint density at radius 3 is 2.76 bits per heavy atom. The van der Waals surface area contributed by atoms with E-state index in [2.05, 4.69) is 53.8 Å². The molecule has 0 spiro atoms. The van der Waals surface area contributed by atoms with Crippen molar-refractivity contribution in [2.45, 2.75) is 26.2 Å². The number of aromatic nitrogens is 1. The molecule has 1 heterocycles. The molecule has 0 fully saturated rings. The third-order valence-corrected chi connectivity index (χ3v) is 4.45. The second-order valence-electron chi connectivity index (χ2n) is 5.31. The summed E-state index contributed by atoms with van der Waals surface area (Å²) in [6.45, 7) is 6.83. The van der Waals surface area contributed by atoms with E-state index in [1.807, 2.05) is 0 Å². The first-order valence-electron chi connectivity index (χ1n) is 7.37. The van der Waals surface area contributed by atoms with Crippen LogP contribution in [0.3, 0.4) is 0 Å². The summed E-state index contributed by atoms with van der Waals surface area (Å²) in [6.07, 6.45) is 0.981. The van der Waals surface area contributed by atoms with Crippen molar-refractivity contribution in [1.82, 2.24) is 10.3 Å². The number of hydrogen-bond acceptors (Lipinski definition) is 4. The maximum atomic E-state index is 5.10. The van der Waals surface area contributed by atoms with Crippen LogP contribution in [0.1, 0.15) is 27.7 Å². The van der Waals surface area contributed by atoms with Crippen LogP contribution in [0, 0.1) is 13.8 Å². The second kappa shape index (κ2) is 8.27. The molecule has 0 amide bonds. The zero-order chi connectivity index (χ0) is 15.1. The Morgan fingerprint density at radius 2 is 2.10 bits per heavy atom. The molecule has 1 N–H and O–H groups in total. The van der Waals surface area contributed by atoms with Gasteiger partial charge in [0.25, 0.3) is 0 Å². The molecule has 2 aromatic rings. The van der Waals surface area contributed by atoms with Crippen LogP contribution in [-0.2, 0) is 11.2 Å². The molecule has 0 aliphatic carbocycles. The van der Waals surface area contributed by atoms with E-state index in [0.717, 1.165) is 31.1 Å². The highest BCUT2D eigenvalue weighted by molar-refractivity contribution is 7.09. The van der Waals surface area contributed by atoms with Crippen molar-refractivity contribution in [3.05, 3.63) is 51.5 Å². The van der Waals surface area contributed by atoms with E-state index >= 15 is 0 Å². The fourth-order valence-corrected chi connectivity index (χ4v) is 3.17. The first-order valence-corrected chi connectivity index (χ1v) is 8.25. The lowest BCUT2D eigenvalue weighted by atomic mass is 9.91. The van der Waals surface area contributed by atoms with Crippen molar-refractivity contribution in [1.29, 1.82) is 0 Å². The second-order valence-corrected chi connectivity index (χ2v) is 6.37. The van der Waals surface area contributed by atoms with Gasteiger partial charge in [0.2, 0.25) is 0 Å². The first-order chi connectivity index (χ1) is 10.2. The number of rotatable bonds is 8. The van der Waals surface area contributed by atoms with Crippen molar-refractivity contribution in [2.75, 3.05) is 26.8 Å². The van der Waals surface area contributed by atoms with E-state index in [4.69, 9.17) is 4.74 Å². The molecule has 0 bridgehead atoms. The van der Waals surface area contributed by atoms with Crippen LogP contribution in [0.25, 0.3) is 0 Å². The molecule has 0 saturated carbocycles. The molecular weight excluding hydrogens is 280 g/mol. The maximum absolute atomic E-state index is 5.10. The van der Waals surface area contributed by atoms with E-state index < -0.39 is 0 Å². The molecule has 2 rings (SSSR count). The van der Waals surface area contributed by atoms with Crippen LogP contribution in [0.4, 0.5) is 0 Å². The monoisotopic (exact) mass is 304 g/mol. The minimum absolute atomic E-state index is 0.449. The average molecular weight is 304 g/mol. The first kappa shape index (κ1) is 16.1. The van der Waals surface area contributed by atoms with E-state index in [1.165, 1.54) is 16.8 Å². The Morgan fingerprint density at radius 1 is 1.29 bits per heavy atom. The summed E-state index contributed by atoms with van der Waals surface area (Å²) >= 11 is 1.73. The molecule has 3 nitrogen and oxygen atoms in total. The van der Waals surface area contributed by atoms with Crippen LogP contribution in [-0.4, -0.2) is 31.8 Å². The van der Waals surface area contributed by atoms with E-state index in [9.17, 15) is 0 Å². The van der Waals surface area contributed by atoms with Gasteiger partial charge in [-0.3, -0.25) is 0 Å². The van der Waals surface area contributed by atoms with Gasteiger partial charge in [0.05, 0.1) is 17.3 Å². The topological polar surface area (TPSA) is 34.1 Å². The van der Waals surface area contributed by atoms with Gasteiger partial charge < -0.3 is 10.1 Å². The van der Waals surface area contributed by atoms with Crippen LogP contribution < -0.4 is 5.32 Å². The van der Waals surface area contributed by atoms with Gasteiger partial charge in [-0.25, -0.2) is 4.98 Å². The standard InChI is InChI=1S/C17H24N2OS/c1-13-6-4-5-7-17(13)15(11-18-8-9-20-3)10-16-12-21-14(2)19-16/h4-7,12,15,18H,8-11H2,1-3H3. The number of benzene rings is 1. The summed E-state index contributed by atoms with van der Waals surface area (Å²) in [4.78, 5) is 4.62. The molecule has 4 heteroatoms. The highest BCUT2D eigenvalue weighted by Gasteiger charge is 2.15. The molecular formula is C17H24N2OS. The zero-order valence-corrected chi connectivity index (χ0v) is 13.9. The van der Waals surface area contributed by atoms with Gasteiger partial charge in [0.1, 0.15) is 0 Å². The van der Waals surface area contributed by atoms with Gasteiger partial charge >= 0.3 is 0 Å². The minimum Gasteiger partial charge on any atom is -0.383 e. The Labute approximate surface area is 131 Å².